The van der Waals surface area contributed by atoms with Crippen LogP contribution in [0.1, 0.15) is 52.1 Å². The van der Waals surface area contributed by atoms with Crippen molar-refractivity contribution in [3.05, 3.63) is 40.3 Å². The molecule has 2 aromatic heterocycles. The fourth-order valence-corrected chi connectivity index (χ4v) is 2.56. The number of ketones is 2. The van der Waals surface area contributed by atoms with E-state index >= 15 is 0 Å². The number of carboxylic acids is 3. The van der Waals surface area contributed by atoms with Crippen LogP contribution in [0, 0.1) is 0 Å². The summed E-state index contributed by atoms with van der Waals surface area (Å²) in [7, 11) is 0. The van der Waals surface area contributed by atoms with Gasteiger partial charge in [-0.25, -0.2) is 4.79 Å². The monoisotopic (exact) mass is 374 g/mol. The molecule has 0 spiro atoms. The third-order valence-corrected chi connectivity index (χ3v) is 3.49. The van der Waals surface area contributed by atoms with E-state index in [1.54, 1.807) is 0 Å². The maximum atomic E-state index is 12.2. The number of carbonyl (C=O) groups excluding carboxylic acids is 4. The molecule has 0 fully saturated rings. The van der Waals surface area contributed by atoms with E-state index in [1.807, 2.05) is 0 Å². The van der Waals surface area contributed by atoms with Crippen LogP contribution in [-0.4, -0.2) is 44.5 Å². The van der Waals surface area contributed by atoms with Crippen LogP contribution in [0.25, 0.3) is 11.3 Å². The number of aromatic carboxylic acids is 3. The molecule has 1 aliphatic rings. The number of fused-ring (bicyclic) bond motifs is 3. The van der Waals surface area contributed by atoms with E-state index in [0.29, 0.717) is 0 Å². The molecule has 1 aliphatic carbocycles. The summed E-state index contributed by atoms with van der Waals surface area (Å²) in [5, 5.41) is 31.6. The molecule has 26 heavy (non-hydrogen) atoms. The van der Waals surface area contributed by atoms with E-state index in [-0.39, 0.29) is 59.1 Å². The minimum absolute atomic E-state index is 0. The number of hydrogen-bond acceptors (Lipinski definition) is 8. The summed E-state index contributed by atoms with van der Waals surface area (Å²) in [6.45, 7) is 0. The SMILES string of the molecule is O=C([O-])c1ccnc2c1-c1[nH]c(C(=O)O)c(C(=O)[O-])c1C(=O)C2=O.[Na+].[Na+]. The van der Waals surface area contributed by atoms with Gasteiger partial charge in [-0.3, -0.25) is 14.6 Å². The van der Waals surface area contributed by atoms with Crippen molar-refractivity contribution in [2.45, 2.75) is 0 Å². The van der Waals surface area contributed by atoms with E-state index in [4.69, 9.17) is 5.11 Å². The fraction of sp³-hybridized carbons (Fsp3) is 0. The first-order valence-electron chi connectivity index (χ1n) is 6.26. The van der Waals surface area contributed by atoms with Gasteiger partial charge in [0.05, 0.1) is 23.2 Å². The second-order valence-corrected chi connectivity index (χ2v) is 4.75. The minimum Gasteiger partial charge on any atom is -0.545 e. The number of pyridine rings is 1. The molecular formula is C14H4N2Na2O8. The van der Waals surface area contributed by atoms with E-state index in [0.717, 1.165) is 12.3 Å². The topological polar surface area (TPSA) is 180 Å². The van der Waals surface area contributed by atoms with Crippen molar-refractivity contribution >= 4 is 29.5 Å². The van der Waals surface area contributed by atoms with Crippen LogP contribution in [-0.2, 0) is 0 Å². The second-order valence-electron chi connectivity index (χ2n) is 4.75. The minimum atomic E-state index is -2.01. The first kappa shape index (κ1) is 22.2. The Balaban J connectivity index is 0.00000169. The number of carboxylic acid groups (broad SMARTS) is 3. The average Bonchev–Trinajstić information content (AvgIpc) is 2.92. The van der Waals surface area contributed by atoms with Crippen molar-refractivity contribution in [2.24, 2.45) is 0 Å². The van der Waals surface area contributed by atoms with Crippen molar-refractivity contribution in [2.75, 3.05) is 0 Å². The van der Waals surface area contributed by atoms with Crippen molar-refractivity contribution in [1.82, 2.24) is 9.97 Å². The van der Waals surface area contributed by atoms with Crippen molar-refractivity contribution < 1.29 is 98.4 Å². The maximum absolute atomic E-state index is 12.2. The molecule has 2 heterocycles. The number of nitrogens with one attached hydrogen (secondary N) is 1. The third-order valence-electron chi connectivity index (χ3n) is 3.49. The molecular weight excluding hydrogens is 370 g/mol. The van der Waals surface area contributed by atoms with Gasteiger partial charge in [0.2, 0.25) is 5.78 Å². The number of aromatic amines is 1. The van der Waals surface area contributed by atoms with E-state index in [2.05, 4.69) is 9.97 Å². The summed E-state index contributed by atoms with van der Waals surface area (Å²) in [6, 6.07) is 0.973. The Bertz CT molecular complexity index is 995. The Morgan fingerprint density at radius 3 is 2.12 bits per heavy atom. The Morgan fingerprint density at radius 1 is 1.00 bits per heavy atom. The second kappa shape index (κ2) is 7.82. The third kappa shape index (κ3) is 3.15. The fourth-order valence-electron chi connectivity index (χ4n) is 2.56. The van der Waals surface area contributed by atoms with Gasteiger partial charge in [0.1, 0.15) is 11.4 Å². The van der Waals surface area contributed by atoms with E-state index in [1.165, 1.54) is 0 Å². The van der Waals surface area contributed by atoms with Crippen LogP contribution in [0.4, 0.5) is 0 Å². The largest absolute Gasteiger partial charge is 1.00 e. The summed E-state index contributed by atoms with van der Waals surface area (Å²) in [5.74, 6) is -8.05. The molecule has 0 aromatic carbocycles. The molecule has 10 nitrogen and oxygen atoms in total. The molecule has 2 N–H and O–H groups in total. The van der Waals surface area contributed by atoms with Gasteiger partial charge in [-0.05, 0) is 6.07 Å². The Hall–Kier alpha value is -1.82. The molecule has 3 rings (SSSR count). The van der Waals surface area contributed by atoms with Crippen LogP contribution >= 0.6 is 0 Å². The molecule has 120 valence electrons. The van der Waals surface area contributed by atoms with E-state index in [9.17, 15) is 34.2 Å². The van der Waals surface area contributed by atoms with Crippen LogP contribution in [0.15, 0.2) is 12.3 Å². The van der Waals surface area contributed by atoms with Gasteiger partial charge in [-0.2, -0.15) is 0 Å². The molecule has 0 amide bonds. The van der Waals surface area contributed by atoms with Crippen LogP contribution in [0.3, 0.4) is 0 Å². The summed E-state index contributed by atoms with van der Waals surface area (Å²) < 4.78 is 0. The first-order valence-corrected chi connectivity index (χ1v) is 6.26. The van der Waals surface area contributed by atoms with Crippen molar-refractivity contribution in [3.63, 3.8) is 0 Å². The smallest absolute Gasteiger partial charge is 0.545 e. The Kier molecular flexibility index (Phi) is 6.69. The summed E-state index contributed by atoms with van der Waals surface area (Å²) in [4.78, 5) is 63.7. The molecule has 0 aliphatic heterocycles. The van der Waals surface area contributed by atoms with Gasteiger partial charge >= 0.3 is 65.1 Å². The quantitative estimate of drug-likeness (QED) is 0.389. The van der Waals surface area contributed by atoms with Crippen molar-refractivity contribution in [1.29, 1.82) is 0 Å². The predicted molar refractivity (Wildman–Crippen MR) is 68.3 cm³/mol. The maximum Gasteiger partial charge on any atom is 1.00 e. The van der Waals surface area contributed by atoms with Crippen LogP contribution in [0.2, 0.25) is 0 Å². The number of hydrogen-bond donors (Lipinski definition) is 2. The number of rotatable bonds is 3. The normalized spacial score (nSPS) is 11.5. The zero-order chi connectivity index (χ0) is 17.8. The number of H-pyrrole nitrogens is 1. The molecule has 0 saturated heterocycles. The number of carbonyl (C=O) groups is 5. The number of aromatic nitrogens is 2. The number of nitrogens with zero attached hydrogens (tertiary/aromatic N) is 1. The Morgan fingerprint density at radius 2 is 1.62 bits per heavy atom. The standard InChI is InChI=1S/C14H6N2O8.2Na/c17-10-5-6(13(21)22)9(14(23)24)16-7(5)4-3(12(19)20)1-2-15-8(4)11(10)18;;/h1-2,16H,(H,19,20)(H,21,22)(H,23,24);;/q;2*+1/p-2. The first-order chi connectivity index (χ1) is 11.3. The predicted octanol–water partition coefficient (Wildman–Crippen LogP) is -8.11. The summed E-state index contributed by atoms with van der Waals surface area (Å²) in [6.07, 6.45) is 0.959. The van der Waals surface area contributed by atoms with Gasteiger partial charge in [0.25, 0.3) is 5.78 Å². The van der Waals surface area contributed by atoms with Gasteiger partial charge in [-0.1, -0.05) is 0 Å². The van der Waals surface area contributed by atoms with Crippen LogP contribution < -0.4 is 69.3 Å². The molecule has 0 unspecified atom stereocenters. The van der Waals surface area contributed by atoms with Gasteiger partial charge in [0.15, 0.2) is 0 Å². The van der Waals surface area contributed by atoms with Gasteiger partial charge < -0.3 is 29.9 Å². The summed E-state index contributed by atoms with van der Waals surface area (Å²) >= 11 is 0. The molecule has 2 aromatic rings. The number of Topliss-reactive ketones (excluding diaryl/α,β-unsaturated/α-hetero) is 2. The van der Waals surface area contributed by atoms with Gasteiger partial charge in [-0.15, -0.1) is 0 Å². The molecule has 0 radical (unpaired) electrons. The molecule has 0 bridgehead atoms. The molecule has 0 atom stereocenters. The zero-order valence-corrected chi connectivity index (χ0v) is 17.4. The molecule has 0 saturated carbocycles. The molecule has 12 heteroatoms. The summed E-state index contributed by atoms with van der Waals surface area (Å²) in [5.41, 5.74) is -4.68. The van der Waals surface area contributed by atoms with Crippen LogP contribution in [0.5, 0.6) is 0 Å². The zero-order valence-electron chi connectivity index (χ0n) is 13.4. The van der Waals surface area contributed by atoms with Crippen molar-refractivity contribution in [3.8, 4) is 11.3 Å². The van der Waals surface area contributed by atoms with Gasteiger partial charge in [0, 0.05) is 22.9 Å². The van der Waals surface area contributed by atoms with E-state index < -0.39 is 68.8 Å². The average molecular weight is 374 g/mol. The Labute approximate surface area is 188 Å².